The summed E-state index contributed by atoms with van der Waals surface area (Å²) in [6, 6.07) is 5.93. The van der Waals surface area contributed by atoms with Crippen LogP contribution in [0.15, 0.2) is 36.7 Å². The fourth-order valence-electron chi connectivity index (χ4n) is 5.01. The van der Waals surface area contributed by atoms with Crippen LogP contribution in [0.2, 0.25) is 0 Å². The van der Waals surface area contributed by atoms with Gasteiger partial charge >= 0.3 is 0 Å². The Morgan fingerprint density at radius 1 is 1.28 bits per heavy atom. The first-order chi connectivity index (χ1) is 17.5. The second-order valence-electron chi connectivity index (χ2n) is 9.17. The summed E-state index contributed by atoms with van der Waals surface area (Å²) in [4.78, 5) is 24.8. The first kappa shape index (κ1) is 24.5. The fourth-order valence-corrected chi connectivity index (χ4v) is 5.01. The summed E-state index contributed by atoms with van der Waals surface area (Å²) in [5.74, 6) is -1.30. The highest BCUT2D eigenvalue weighted by molar-refractivity contribution is 5.96. The highest BCUT2D eigenvalue weighted by Crippen LogP contribution is 2.39. The molecule has 1 unspecified atom stereocenters. The van der Waals surface area contributed by atoms with E-state index in [1.165, 1.54) is 6.07 Å². The highest BCUT2D eigenvalue weighted by atomic mass is 19.1. The monoisotopic (exact) mass is 496 g/mol. The minimum atomic E-state index is -0.667. The summed E-state index contributed by atoms with van der Waals surface area (Å²) in [5.41, 5.74) is 3.26. The summed E-state index contributed by atoms with van der Waals surface area (Å²) >= 11 is 0. The normalized spacial score (nSPS) is 18.9. The molecule has 2 fully saturated rings. The predicted octanol–water partition coefficient (Wildman–Crippen LogP) is 2.66. The molecule has 2 saturated heterocycles. The van der Waals surface area contributed by atoms with Gasteiger partial charge in [0.05, 0.1) is 48.2 Å². The molecule has 10 heteroatoms. The summed E-state index contributed by atoms with van der Waals surface area (Å²) < 4.78 is 35.4. The molecule has 0 aliphatic carbocycles. The molecule has 0 saturated carbocycles. The lowest BCUT2D eigenvalue weighted by molar-refractivity contribution is -0.124. The average molecular weight is 497 g/mol. The number of ether oxygens (including phenoxy) is 1. The fraction of sp³-hybridized carbons (Fsp3) is 0.423. The van der Waals surface area contributed by atoms with Gasteiger partial charge in [-0.1, -0.05) is 0 Å². The van der Waals surface area contributed by atoms with Gasteiger partial charge in [-0.25, -0.2) is 8.78 Å². The van der Waals surface area contributed by atoms with Crippen LogP contribution in [-0.4, -0.2) is 72.9 Å². The minimum absolute atomic E-state index is 0.0313. The van der Waals surface area contributed by atoms with Crippen molar-refractivity contribution in [3.8, 4) is 0 Å². The first-order valence-corrected chi connectivity index (χ1v) is 12.3. The highest BCUT2D eigenvalue weighted by Gasteiger charge is 2.29. The summed E-state index contributed by atoms with van der Waals surface area (Å²) in [7, 11) is 0. The quantitative estimate of drug-likeness (QED) is 0.521. The molecule has 2 aliphatic rings. The van der Waals surface area contributed by atoms with Crippen LogP contribution in [-0.2, 0) is 16.0 Å². The van der Waals surface area contributed by atoms with Gasteiger partial charge in [0.15, 0.2) is 0 Å². The number of aromatic nitrogens is 2. The smallest absolute Gasteiger partial charge is 0.234 e. The molecular weight excluding hydrogens is 466 g/mol. The lowest BCUT2D eigenvalue weighted by atomic mass is 10.0. The van der Waals surface area contributed by atoms with Crippen LogP contribution in [0.5, 0.6) is 0 Å². The number of fused-ring (bicyclic) bond motifs is 1. The SMILES string of the molecule is Cc1c(CCCN2CCNC(=O)C2)nc2cc(F)cc(F)c2c1N(c1cccnc1)C1COCCN1. The van der Waals surface area contributed by atoms with Crippen LogP contribution in [0.25, 0.3) is 10.9 Å². The van der Waals surface area contributed by atoms with E-state index in [2.05, 4.69) is 20.5 Å². The Hall–Kier alpha value is -3.21. The molecule has 190 valence electrons. The molecule has 3 aromatic rings. The third-order valence-electron chi connectivity index (χ3n) is 6.70. The molecule has 2 N–H and O–H groups in total. The number of hydrogen-bond donors (Lipinski definition) is 2. The largest absolute Gasteiger partial charge is 0.377 e. The molecular formula is C26H30F2N6O2. The van der Waals surface area contributed by atoms with E-state index in [0.717, 1.165) is 42.5 Å². The molecule has 0 spiro atoms. The lowest BCUT2D eigenvalue weighted by Crippen LogP contribution is -2.51. The van der Waals surface area contributed by atoms with E-state index in [1.807, 2.05) is 24.0 Å². The van der Waals surface area contributed by atoms with Gasteiger partial charge in [-0.3, -0.25) is 25.0 Å². The van der Waals surface area contributed by atoms with Crippen molar-refractivity contribution in [2.75, 3.05) is 50.8 Å². The molecule has 0 bridgehead atoms. The maximum Gasteiger partial charge on any atom is 0.234 e. The lowest BCUT2D eigenvalue weighted by Gasteiger charge is -2.38. The minimum Gasteiger partial charge on any atom is -0.377 e. The molecule has 4 heterocycles. The summed E-state index contributed by atoms with van der Waals surface area (Å²) in [5, 5.41) is 6.56. The van der Waals surface area contributed by atoms with E-state index in [-0.39, 0.29) is 23.0 Å². The van der Waals surface area contributed by atoms with Crippen molar-refractivity contribution in [1.29, 1.82) is 0 Å². The van der Waals surface area contributed by atoms with Crippen molar-refractivity contribution in [3.63, 3.8) is 0 Å². The average Bonchev–Trinajstić information content (AvgIpc) is 2.87. The first-order valence-electron chi connectivity index (χ1n) is 12.3. The second kappa shape index (κ2) is 10.8. The number of benzene rings is 1. The predicted molar refractivity (Wildman–Crippen MR) is 133 cm³/mol. The van der Waals surface area contributed by atoms with E-state index >= 15 is 4.39 Å². The van der Waals surface area contributed by atoms with E-state index < -0.39 is 11.6 Å². The molecule has 5 rings (SSSR count). The van der Waals surface area contributed by atoms with Gasteiger partial charge in [-0.05, 0) is 44.0 Å². The zero-order valence-electron chi connectivity index (χ0n) is 20.3. The third kappa shape index (κ3) is 5.16. The standard InChI is InChI=1S/C26H30F2N6O2/c1-17-21(5-3-9-33-10-7-31-24(35)15-33)32-22-13-18(27)12-20(28)25(22)26(17)34(19-4-2-6-29-14-19)23-16-36-11-8-30-23/h2,4,6,12-14,23,30H,3,5,7-11,15-16H2,1H3,(H,31,35). The zero-order valence-corrected chi connectivity index (χ0v) is 20.3. The van der Waals surface area contributed by atoms with Gasteiger partial charge in [-0.15, -0.1) is 0 Å². The molecule has 0 radical (unpaired) electrons. The number of carbonyl (C=O) groups excluding carboxylic acids is 1. The number of nitrogens with zero attached hydrogens (tertiary/aromatic N) is 4. The van der Waals surface area contributed by atoms with Gasteiger partial charge in [0, 0.05) is 43.7 Å². The topological polar surface area (TPSA) is 82.6 Å². The summed E-state index contributed by atoms with van der Waals surface area (Å²) in [6.45, 7) is 6.14. The number of nitrogens with one attached hydrogen (secondary N) is 2. The Labute approximate surface area is 208 Å². The van der Waals surface area contributed by atoms with Crippen molar-refractivity contribution < 1.29 is 18.3 Å². The number of morpholine rings is 1. The van der Waals surface area contributed by atoms with E-state index in [4.69, 9.17) is 9.72 Å². The Bertz CT molecular complexity index is 1240. The number of carbonyl (C=O) groups is 1. The van der Waals surface area contributed by atoms with Crippen LogP contribution < -0.4 is 15.5 Å². The third-order valence-corrected chi connectivity index (χ3v) is 6.70. The molecule has 36 heavy (non-hydrogen) atoms. The van der Waals surface area contributed by atoms with Crippen molar-refractivity contribution in [2.45, 2.75) is 25.9 Å². The van der Waals surface area contributed by atoms with Gasteiger partial charge in [0.2, 0.25) is 5.91 Å². The van der Waals surface area contributed by atoms with E-state index in [0.29, 0.717) is 45.0 Å². The van der Waals surface area contributed by atoms with Gasteiger partial charge in [0.25, 0.3) is 0 Å². The molecule has 1 aromatic carbocycles. The van der Waals surface area contributed by atoms with Crippen LogP contribution in [0.3, 0.4) is 0 Å². The van der Waals surface area contributed by atoms with Crippen LogP contribution in [0.4, 0.5) is 20.2 Å². The van der Waals surface area contributed by atoms with Crippen molar-refractivity contribution in [3.05, 3.63) is 59.6 Å². The van der Waals surface area contributed by atoms with Crippen molar-refractivity contribution in [2.24, 2.45) is 0 Å². The number of hydrogen-bond acceptors (Lipinski definition) is 7. The van der Waals surface area contributed by atoms with Crippen LogP contribution >= 0.6 is 0 Å². The number of halogens is 2. The maximum atomic E-state index is 15.4. The Balaban J connectivity index is 1.57. The van der Waals surface area contributed by atoms with Crippen LogP contribution in [0, 0.1) is 18.6 Å². The Kier molecular flexibility index (Phi) is 7.35. The van der Waals surface area contributed by atoms with Crippen molar-refractivity contribution >= 4 is 28.2 Å². The van der Waals surface area contributed by atoms with E-state index in [1.54, 1.807) is 12.4 Å². The molecule has 8 nitrogen and oxygen atoms in total. The summed E-state index contributed by atoms with van der Waals surface area (Å²) in [6.07, 6.45) is 4.52. The molecule has 2 aliphatic heterocycles. The van der Waals surface area contributed by atoms with Gasteiger partial charge in [-0.2, -0.15) is 0 Å². The van der Waals surface area contributed by atoms with E-state index in [9.17, 15) is 9.18 Å². The van der Waals surface area contributed by atoms with Gasteiger partial charge in [0.1, 0.15) is 17.8 Å². The Morgan fingerprint density at radius 2 is 2.17 bits per heavy atom. The number of anilines is 2. The zero-order chi connectivity index (χ0) is 25.1. The number of amides is 1. The Morgan fingerprint density at radius 3 is 2.92 bits per heavy atom. The number of pyridine rings is 2. The van der Waals surface area contributed by atoms with Crippen LogP contribution in [0.1, 0.15) is 17.7 Å². The molecule has 1 amide bonds. The number of piperazine rings is 1. The van der Waals surface area contributed by atoms with Gasteiger partial charge < -0.3 is 15.0 Å². The number of rotatable bonds is 7. The molecule has 2 aromatic heterocycles. The second-order valence-corrected chi connectivity index (χ2v) is 9.17. The maximum absolute atomic E-state index is 15.4. The van der Waals surface area contributed by atoms with Crippen molar-refractivity contribution in [1.82, 2.24) is 25.5 Å². The molecule has 1 atom stereocenters. The number of aryl methyl sites for hydroxylation is 1.